The van der Waals surface area contributed by atoms with Crippen molar-refractivity contribution in [2.75, 3.05) is 78.5 Å². The molecule has 0 spiro atoms. The molecular weight excluding hydrogens is 421 g/mol. The van der Waals surface area contributed by atoms with Crippen LogP contribution in [0.25, 0.3) is 0 Å². The maximum absolute atomic E-state index is 5.73. The summed E-state index contributed by atoms with van der Waals surface area (Å²) in [7, 11) is 12.2. The third kappa shape index (κ3) is 20.3. The summed E-state index contributed by atoms with van der Waals surface area (Å²) in [6.45, 7) is 8.37. The van der Waals surface area contributed by atoms with Gasteiger partial charge in [-0.05, 0) is 80.1 Å². The zero-order valence-electron chi connectivity index (χ0n) is 19.4. The minimum atomic E-state index is -0.333. The molecule has 0 fully saturated rings. The Labute approximate surface area is 187 Å². The van der Waals surface area contributed by atoms with Gasteiger partial charge in [0.1, 0.15) is 0 Å². The Morgan fingerprint density at radius 3 is 1.36 bits per heavy atom. The van der Waals surface area contributed by atoms with E-state index in [2.05, 4.69) is 73.4 Å². The molecule has 0 heterocycles. The van der Waals surface area contributed by atoms with E-state index in [-0.39, 0.29) is 17.6 Å². The van der Waals surface area contributed by atoms with Crippen LogP contribution < -0.4 is 0 Å². The molecular formula is C20H46N2O2S2Si2. The smallest absolute Gasteiger partial charge is 0.0819 e. The summed E-state index contributed by atoms with van der Waals surface area (Å²) < 4.78 is 11.5. The molecule has 2 radical (unpaired) electrons. The van der Waals surface area contributed by atoms with Gasteiger partial charge in [0.25, 0.3) is 0 Å². The van der Waals surface area contributed by atoms with E-state index in [4.69, 9.17) is 9.47 Å². The molecule has 0 saturated heterocycles. The van der Waals surface area contributed by atoms with Crippen molar-refractivity contribution >= 4 is 39.2 Å². The molecule has 0 aromatic rings. The van der Waals surface area contributed by atoms with Crippen molar-refractivity contribution in [1.29, 1.82) is 0 Å². The van der Waals surface area contributed by atoms with Gasteiger partial charge in [-0.3, -0.25) is 0 Å². The molecule has 0 unspecified atom stereocenters. The van der Waals surface area contributed by atoms with Crippen molar-refractivity contribution in [3.63, 3.8) is 0 Å². The van der Waals surface area contributed by atoms with Crippen molar-refractivity contribution in [3.8, 4) is 0 Å². The summed E-state index contributed by atoms with van der Waals surface area (Å²) in [5.74, 6) is 2.59. The van der Waals surface area contributed by atoms with Gasteiger partial charge in [0.15, 0.2) is 0 Å². The lowest BCUT2D eigenvalue weighted by atomic mass is 10.6. The summed E-state index contributed by atoms with van der Waals surface area (Å²) in [5, 5.41) is 0. The second-order valence-corrected chi connectivity index (χ2v) is 16.0. The van der Waals surface area contributed by atoms with E-state index in [0.717, 1.165) is 25.7 Å². The fraction of sp³-hybridized carbons (Fsp3) is 1.00. The van der Waals surface area contributed by atoms with Crippen molar-refractivity contribution in [2.24, 2.45) is 0 Å². The fourth-order valence-electron chi connectivity index (χ4n) is 2.67. The Balaban J connectivity index is 3.77. The first-order valence-corrected chi connectivity index (χ1v) is 17.6. The predicted molar refractivity (Wildman–Crippen MR) is 135 cm³/mol. The molecule has 0 amide bonds. The van der Waals surface area contributed by atoms with Crippen LogP contribution in [0.15, 0.2) is 0 Å². The van der Waals surface area contributed by atoms with Gasteiger partial charge in [-0.1, -0.05) is 33.7 Å². The lowest BCUT2D eigenvalue weighted by Crippen LogP contribution is -2.26. The van der Waals surface area contributed by atoms with Gasteiger partial charge in [0.05, 0.1) is 17.6 Å². The standard InChI is InChI=1S/C20H46N2O2S2Si2/c1-7-23-19-27(17-11-21(3)4)15-9-13-25-26-14-10-16-28(20-24-8-2)18-12-22(5)6/h7-20H2,1-6H3. The lowest BCUT2D eigenvalue weighted by molar-refractivity contribution is 0.189. The van der Waals surface area contributed by atoms with Gasteiger partial charge < -0.3 is 19.3 Å². The number of hydrogen-bond acceptors (Lipinski definition) is 6. The highest BCUT2D eigenvalue weighted by Crippen LogP contribution is 2.25. The van der Waals surface area contributed by atoms with Crippen LogP contribution >= 0.6 is 21.6 Å². The van der Waals surface area contributed by atoms with Crippen molar-refractivity contribution < 1.29 is 9.47 Å². The van der Waals surface area contributed by atoms with Gasteiger partial charge in [-0.2, -0.15) is 0 Å². The second-order valence-electron chi connectivity index (χ2n) is 7.73. The molecule has 0 N–H and O–H groups in total. The van der Waals surface area contributed by atoms with E-state index < -0.39 is 0 Å². The molecule has 0 atom stereocenters. The zero-order chi connectivity index (χ0) is 21.0. The third-order valence-electron chi connectivity index (χ3n) is 4.45. The molecule has 168 valence electrons. The molecule has 0 aromatic carbocycles. The normalized spacial score (nSPS) is 12.2. The van der Waals surface area contributed by atoms with Gasteiger partial charge in [0.2, 0.25) is 0 Å². The summed E-state index contributed by atoms with van der Waals surface area (Å²) in [6.07, 6.45) is 4.78. The largest absolute Gasteiger partial charge is 0.385 e. The van der Waals surface area contributed by atoms with Crippen LogP contribution in [0.3, 0.4) is 0 Å². The molecule has 0 aromatic heterocycles. The number of rotatable bonds is 21. The van der Waals surface area contributed by atoms with E-state index in [1.165, 1.54) is 61.6 Å². The van der Waals surface area contributed by atoms with E-state index in [1.807, 2.05) is 0 Å². The highest BCUT2D eigenvalue weighted by molar-refractivity contribution is 8.76. The Morgan fingerprint density at radius 2 is 1.04 bits per heavy atom. The van der Waals surface area contributed by atoms with Gasteiger partial charge in [-0.25, -0.2) is 0 Å². The Hall–Kier alpha value is 0.974. The SMILES string of the molecule is CCOC[Si](CCCSSCCC[Si](CCN(C)C)COCC)CCN(C)C. The van der Waals surface area contributed by atoms with Crippen LogP contribution in [-0.4, -0.2) is 106 Å². The van der Waals surface area contributed by atoms with E-state index >= 15 is 0 Å². The molecule has 4 nitrogen and oxygen atoms in total. The lowest BCUT2D eigenvalue weighted by Gasteiger charge is -2.18. The van der Waals surface area contributed by atoms with Crippen molar-refractivity contribution in [2.45, 2.75) is 50.9 Å². The molecule has 8 heteroatoms. The first-order chi connectivity index (χ1) is 13.5. The average molecular weight is 467 g/mol. The number of nitrogens with zero attached hydrogens (tertiary/aromatic N) is 2. The minimum absolute atomic E-state index is 0.333. The predicted octanol–water partition coefficient (Wildman–Crippen LogP) is 4.41. The van der Waals surface area contributed by atoms with Crippen LogP contribution in [0, 0.1) is 0 Å². The zero-order valence-corrected chi connectivity index (χ0v) is 23.1. The number of ether oxygens (including phenoxy) is 2. The molecule has 0 aliphatic rings. The first kappa shape index (κ1) is 29.0. The third-order valence-corrected chi connectivity index (χ3v) is 12.2. The van der Waals surface area contributed by atoms with Crippen LogP contribution in [0.2, 0.25) is 24.2 Å². The van der Waals surface area contributed by atoms with Crippen LogP contribution in [0.1, 0.15) is 26.7 Å². The number of hydrogen-bond donors (Lipinski definition) is 0. The monoisotopic (exact) mass is 466 g/mol. The Morgan fingerprint density at radius 1 is 0.643 bits per heavy atom. The Kier molecular flexibility index (Phi) is 22.0. The van der Waals surface area contributed by atoms with E-state index in [1.54, 1.807) is 0 Å². The molecule has 0 saturated carbocycles. The van der Waals surface area contributed by atoms with E-state index in [9.17, 15) is 0 Å². The van der Waals surface area contributed by atoms with Gasteiger partial charge in [-0.15, -0.1) is 0 Å². The van der Waals surface area contributed by atoms with Gasteiger partial charge >= 0.3 is 0 Å². The van der Waals surface area contributed by atoms with Gasteiger partial charge in [0, 0.05) is 37.2 Å². The molecule has 0 aliphatic heterocycles. The van der Waals surface area contributed by atoms with Crippen LogP contribution in [0.4, 0.5) is 0 Å². The van der Waals surface area contributed by atoms with Crippen molar-refractivity contribution in [3.05, 3.63) is 0 Å². The molecule has 28 heavy (non-hydrogen) atoms. The minimum Gasteiger partial charge on any atom is -0.385 e. The van der Waals surface area contributed by atoms with E-state index in [0.29, 0.717) is 0 Å². The summed E-state index contributed by atoms with van der Waals surface area (Å²) >= 11 is 0. The molecule has 0 rings (SSSR count). The topological polar surface area (TPSA) is 24.9 Å². The quantitative estimate of drug-likeness (QED) is 0.141. The highest BCUT2D eigenvalue weighted by atomic mass is 33.1. The molecule has 0 bridgehead atoms. The van der Waals surface area contributed by atoms with Crippen LogP contribution in [0.5, 0.6) is 0 Å². The molecule has 0 aliphatic carbocycles. The summed E-state index contributed by atoms with van der Waals surface area (Å²) in [5.41, 5.74) is 0. The first-order valence-electron chi connectivity index (χ1n) is 10.9. The summed E-state index contributed by atoms with van der Waals surface area (Å²) in [4.78, 5) is 4.61. The second kappa shape index (κ2) is 21.2. The highest BCUT2D eigenvalue weighted by Gasteiger charge is 2.13. The van der Waals surface area contributed by atoms with Crippen molar-refractivity contribution in [1.82, 2.24) is 9.80 Å². The summed E-state index contributed by atoms with van der Waals surface area (Å²) in [6, 6.07) is 5.51. The maximum Gasteiger partial charge on any atom is 0.0819 e. The fourth-order valence-corrected chi connectivity index (χ4v) is 10.3. The maximum atomic E-state index is 5.73. The van der Waals surface area contributed by atoms with Crippen LogP contribution in [-0.2, 0) is 9.47 Å². The Bertz CT molecular complexity index is 301. The average Bonchev–Trinajstić information content (AvgIpc) is 2.66.